The number of rotatable bonds is 6. The lowest BCUT2D eigenvalue weighted by Crippen LogP contribution is -2.23. The fourth-order valence-corrected chi connectivity index (χ4v) is 3.05. The Hall–Kier alpha value is -2.54. The molecule has 1 atom stereocenters. The topological polar surface area (TPSA) is 81.2 Å². The van der Waals surface area contributed by atoms with E-state index in [1.54, 1.807) is 12.3 Å². The van der Waals surface area contributed by atoms with E-state index in [4.69, 9.17) is 8.83 Å². The van der Waals surface area contributed by atoms with E-state index in [1.807, 2.05) is 38.1 Å². The van der Waals surface area contributed by atoms with Crippen molar-refractivity contribution in [2.24, 2.45) is 0 Å². The Bertz CT molecular complexity index is 872. The average molecular weight is 357 g/mol. The number of aryl methyl sites for hydroxylation is 2. The van der Waals surface area contributed by atoms with Gasteiger partial charge in [0.25, 0.3) is 11.1 Å². The molecule has 130 valence electrons. The van der Waals surface area contributed by atoms with E-state index in [0.717, 1.165) is 23.2 Å². The van der Waals surface area contributed by atoms with E-state index in [0.29, 0.717) is 16.9 Å². The molecule has 0 fully saturated rings. The summed E-state index contributed by atoms with van der Waals surface area (Å²) >= 11 is 1.23. The molecule has 0 aliphatic heterocycles. The van der Waals surface area contributed by atoms with Crippen LogP contribution in [0.5, 0.6) is 0 Å². The molecule has 3 rings (SSSR count). The van der Waals surface area contributed by atoms with Crippen LogP contribution >= 0.6 is 11.8 Å². The van der Waals surface area contributed by atoms with Gasteiger partial charge in [0.05, 0.1) is 17.1 Å². The lowest BCUT2D eigenvalue weighted by Gasteiger charge is -2.12. The SMILES string of the molecule is CCc1ccccc1NC(=O)C(C)Sc1nnc(-c2ccoc2C)o1. The van der Waals surface area contributed by atoms with E-state index in [9.17, 15) is 4.79 Å². The number of nitrogens with zero attached hydrogens (tertiary/aromatic N) is 2. The molecule has 2 heterocycles. The second-order valence-corrected chi connectivity index (χ2v) is 6.82. The van der Waals surface area contributed by atoms with E-state index in [-0.39, 0.29) is 11.2 Å². The summed E-state index contributed by atoms with van der Waals surface area (Å²) in [6, 6.07) is 9.55. The molecule has 0 saturated carbocycles. The number of hydrogen-bond donors (Lipinski definition) is 1. The summed E-state index contributed by atoms with van der Waals surface area (Å²) in [5.74, 6) is 0.991. The zero-order valence-corrected chi connectivity index (χ0v) is 15.1. The number of anilines is 1. The number of benzene rings is 1. The van der Waals surface area contributed by atoms with Gasteiger partial charge in [-0.1, -0.05) is 36.9 Å². The van der Waals surface area contributed by atoms with Crippen LogP contribution in [0.4, 0.5) is 5.69 Å². The molecule has 0 bridgehead atoms. The predicted molar refractivity (Wildman–Crippen MR) is 96.5 cm³/mol. The molecule has 1 N–H and O–H groups in total. The molecule has 0 radical (unpaired) electrons. The molecule has 6 nitrogen and oxygen atoms in total. The minimum absolute atomic E-state index is 0.106. The van der Waals surface area contributed by atoms with Gasteiger partial charge in [0.1, 0.15) is 5.76 Å². The first kappa shape index (κ1) is 17.3. The maximum atomic E-state index is 12.4. The largest absolute Gasteiger partial charge is 0.469 e. The number of para-hydroxylation sites is 1. The molecular weight excluding hydrogens is 338 g/mol. The van der Waals surface area contributed by atoms with Gasteiger partial charge in [-0.25, -0.2) is 0 Å². The quantitative estimate of drug-likeness (QED) is 0.662. The number of hydrogen-bond acceptors (Lipinski definition) is 6. The maximum absolute atomic E-state index is 12.4. The van der Waals surface area contributed by atoms with E-state index >= 15 is 0 Å². The average Bonchev–Trinajstić information content (AvgIpc) is 3.23. The van der Waals surface area contributed by atoms with Crippen LogP contribution in [-0.2, 0) is 11.2 Å². The summed E-state index contributed by atoms with van der Waals surface area (Å²) in [6.07, 6.45) is 2.43. The second-order valence-electron chi connectivity index (χ2n) is 5.52. The summed E-state index contributed by atoms with van der Waals surface area (Å²) in [5.41, 5.74) is 2.69. The molecule has 0 saturated heterocycles. The molecule has 3 aromatic rings. The van der Waals surface area contributed by atoms with E-state index < -0.39 is 0 Å². The lowest BCUT2D eigenvalue weighted by atomic mass is 10.1. The van der Waals surface area contributed by atoms with Gasteiger partial charge in [-0.2, -0.15) is 0 Å². The van der Waals surface area contributed by atoms with Crippen molar-refractivity contribution in [3.8, 4) is 11.5 Å². The van der Waals surface area contributed by atoms with Gasteiger partial charge in [0.15, 0.2) is 0 Å². The van der Waals surface area contributed by atoms with Crippen molar-refractivity contribution in [1.29, 1.82) is 0 Å². The third kappa shape index (κ3) is 3.93. The molecule has 0 aliphatic rings. The zero-order chi connectivity index (χ0) is 17.8. The Morgan fingerprint density at radius 3 is 2.80 bits per heavy atom. The number of thioether (sulfide) groups is 1. The fourth-order valence-electron chi connectivity index (χ4n) is 2.36. The first-order valence-electron chi connectivity index (χ1n) is 8.02. The molecule has 0 aliphatic carbocycles. The van der Waals surface area contributed by atoms with Gasteiger partial charge in [0, 0.05) is 5.69 Å². The lowest BCUT2D eigenvalue weighted by molar-refractivity contribution is -0.115. The van der Waals surface area contributed by atoms with E-state index in [1.165, 1.54) is 11.8 Å². The smallest absolute Gasteiger partial charge is 0.277 e. The molecule has 2 aromatic heterocycles. The highest BCUT2D eigenvalue weighted by Crippen LogP contribution is 2.29. The first-order chi connectivity index (χ1) is 12.1. The van der Waals surface area contributed by atoms with Crippen molar-refractivity contribution < 1.29 is 13.6 Å². The highest BCUT2D eigenvalue weighted by molar-refractivity contribution is 8.00. The standard InChI is InChI=1S/C18H19N3O3S/c1-4-13-7-5-6-8-15(13)19-16(22)12(3)25-18-21-20-17(24-18)14-9-10-23-11(14)2/h5-10,12H,4H2,1-3H3,(H,19,22). The fraction of sp³-hybridized carbons (Fsp3) is 0.278. The maximum Gasteiger partial charge on any atom is 0.277 e. The Balaban J connectivity index is 1.66. The van der Waals surface area contributed by atoms with Gasteiger partial charge < -0.3 is 14.2 Å². The number of nitrogens with one attached hydrogen (secondary N) is 1. The normalized spacial score (nSPS) is 12.1. The van der Waals surface area contributed by atoms with E-state index in [2.05, 4.69) is 22.4 Å². The number of aromatic nitrogens is 2. The Labute approximate surface area is 150 Å². The van der Waals surface area contributed by atoms with Gasteiger partial charge in [-0.05, 0) is 38.0 Å². The van der Waals surface area contributed by atoms with Crippen molar-refractivity contribution in [1.82, 2.24) is 10.2 Å². The van der Waals surface area contributed by atoms with Gasteiger partial charge >= 0.3 is 0 Å². The molecule has 0 spiro atoms. The number of carbonyl (C=O) groups is 1. The van der Waals surface area contributed by atoms with Gasteiger partial charge in [-0.15, -0.1) is 10.2 Å². The molecule has 25 heavy (non-hydrogen) atoms. The van der Waals surface area contributed by atoms with Crippen LogP contribution < -0.4 is 5.32 Å². The van der Waals surface area contributed by atoms with Crippen molar-refractivity contribution in [3.05, 3.63) is 47.9 Å². The van der Waals surface area contributed by atoms with Crippen LogP contribution in [0.1, 0.15) is 25.2 Å². The molecular formula is C18H19N3O3S. The van der Waals surface area contributed by atoms with Crippen LogP contribution in [0.25, 0.3) is 11.5 Å². The van der Waals surface area contributed by atoms with Crippen molar-refractivity contribution in [3.63, 3.8) is 0 Å². The summed E-state index contributed by atoms with van der Waals surface area (Å²) in [4.78, 5) is 12.4. The predicted octanol–water partition coefficient (Wildman–Crippen LogP) is 4.32. The molecule has 1 amide bonds. The molecule has 1 aromatic carbocycles. The summed E-state index contributed by atoms with van der Waals surface area (Å²) < 4.78 is 10.9. The highest BCUT2D eigenvalue weighted by Gasteiger charge is 2.20. The Morgan fingerprint density at radius 2 is 2.08 bits per heavy atom. The minimum atomic E-state index is -0.372. The van der Waals surface area contributed by atoms with Crippen molar-refractivity contribution in [2.75, 3.05) is 5.32 Å². The number of furan rings is 1. The van der Waals surface area contributed by atoms with Crippen LogP contribution in [0.2, 0.25) is 0 Å². The Kier molecular flexibility index (Phi) is 5.23. The van der Waals surface area contributed by atoms with Gasteiger partial charge in [0.2, 0.25) is 5.91 Å². The van der Waals surface area contributed by atoms with Gasteiger partial charge in [-0.3, -0.25) is 4.79 Å². The minimum Gasteiger partial charge on any atom is -0.469 e. The van der Waals surface area contributed by atoms with Crippen LogP contribution in [-0.4, -0.2) is 21.4 Å². The summed E-state index contributed by atoms with van der Waals surface area (Å²) in [6.45, 7) is 5.69. The third-order valence-electron chi connectivity index (χ3n) is 3.80. The first-order valence-corrected chi connectivity index (χ1v) is 8.89. The molecule has 7 heteroatoms. The van der Waals surface area contributed by atoms with Crippen LogP contribution in [0.3, 0.4) is 0 Å². The number of carbonyl (C=O) groups excluding carboxylic acids is 1. The summed E-state index contributed by atoms with van der Waals surface area (Å²) in [7, 11) is 0. The van der Waals surface area contributed by atoms with Crippen LogP contribution in [0.15, 0.2) is 50.7 Å². The second kappa shape index (κ2) is 7.57. The monoisotopic (exact) mass is 357 g/mol. The number of amides is 1. The highest BCUT2D eigenvalue weighted by atomic mass is 32.2. The molecule has 1 unspecified atom stereocenters. The van der Waals surface area contributed by atoms with Crippen molar-refractivity contribution in [2.45, 2.75) is 37.7 Å². The van der Waals surface area contributed by atoms with Crippen LogP contribution in [0, 0.1) is 6.92 Å². The van der Waals surface area contributed by atoms with Crippen molar-refractivity contribution >= 4 is 23.4 Å². The summed E-state index contributed by atoms with van der Waals surface area (Å²) in [5, 5.41) is 11.0. The zero-order valence-electron chi connectivity index (χ0n) is 14.3. The Morgan fingerprint density at radius 1 is 1.28 bits per heavy atom. The third-order valence-corrected chi connectivity index (χ3v) is 4.73.